The molecule has 1 heterocycles. The molecule has 1 aliphatic rings. The number of hydrogen-bond acceptors (Lipinski definition) is 4. The van der Waals surface area contributed by atoms with E-state index in [0.29, 0.717) is 23.1 Å². The third kappa shape index (κ3) is 2.66. The van der Waals surface area contributed by atoms with Crippen LogP contribution in [-0.4, -0.2) is 46.6 Å². The molecular weight excluding hydrogens is 262 g/mol. The Hall–Kier alpha value is -1.36. The molecule has 2 atom stereocenters. The number of ether oxygens (including phenoxy) is 1. The van der Waals surface area contributed by atoms with Gasteiger partial charge in [0.15, 0.2) is 11.5 Å². The molecule has 104 valence electrons. The zero-order chi connectivity index (χ0) is 14.0. The van der Waals surface area contributed by atoms with Crippen LogP contribution in [-0.2, 0) is 0 Å². The Morgan fingerprint density at radius 2 is 2.21 bits per heavy atom. The van der Waals surface area contributed by atoms with Crippen molar-refractivity contribution in [1.29, 1.82) is 0 Å². The number of phenolic OH excluding ortho intramolecular Hbond substituents is 1. The summed E-state index contributed by atoms with van der Waals surface area (Å²) in [5, 5.41) is 10.5. The fourth-order valence-electron chi connectivity index (χ4n) is 2.23. The molecule has 1 aromatic rings. The van der Waals surface area contributed by atoms with Crippen LogP contribution in [0.3, 0.4) is 0 Å². The number of hydrogen-bond donors (Lipinski definition) is 1. The van der Waals surface area contributed by atoms with Crippen LogP contribution in [0.25, 0.3) is 0 Å². The zero-order valence-electron chi connectivity index (χ0n) is 11.4. The highest BCUT2D eigenvalue weighted by atomic mass is 32.2. The topological polar surface area (TPSA) is 49.8 Å². The normalized spacial score (nSPS) is 23.2. The Kier molecular flexibility index (Phi) is 4.24. The smallest absolute Gasteiger partial charge is 0.258 e. The summed E-state index contributed by atoms with van der Waals surface area (Å²) in [6.07, 6.45) is 0. The van der Waals surface area contributed by atoms with Crippen LogP contribution in [0, 0.1) is 0 Å². The molecule has 1 fully saturated rings. The number of para-hydroxylation sites is 1. The number of amides is 1. The van der Waals surface area contributed by atoms with Crippen molar-refractivity contribution in [3.63, 3.8) is 0 Å². The van der Waals surface area contributed by atoms with E-state index >= 15 is 0 Å². The van der Waals surface area contributed by atoms with Gasteiger partial charge >= 0.3 is 0 Å². The molecule has 1 N–H and O–H groups in total. The number of phenols is 1. The van der Waals surface area contributed by atoms with Crippen molar-refractivity contribution in [3.8, 4) is 11.5 Å². The summed E-state index contributed by atoms with van der Waals surface area (Å²) in [5.74, 6) is 1.06. The Morgan fingerprint density at radius 3 is 2.89 bits per heavy atom. The van der Waals surface area contributed by atoms with Gasteiger partial charge in [-0.3, -0.25) is 4.79 Å². The monoisotopic (exact) mass is 281 g/mol. The van der Waals surface area contributed by atoms with Gasteiger partial charge in [-0.2, -0.15) is 11.8 Å². The highest BCUT2D eigenvalue weighted by Gasteiger charge is 2.31. The number of carbonyl (C=O) groups excluding carboxylic acids is 1. The van der Waals surface area contributed by atoms with Crippen LogP contribution >= 0.6 is 11.8 Å². The maximum absolute atomic E-state index is 12.5. The number of thioether (sulfide) groups is 1. The molecule has 2 unspecified atom stereocenters. The van der Waals surface area contributed by atoms with Gasteiger partial charge in [0.1, 0.15) is 0 Å². The molecule has 1 amide bonds. The fourth-order valence-corrected chi connectivity index (χ4v) is 3.33. The minimum absolute atomic E-state index is 0.0759. The van der Waals surface area contributed by atoms with Crippen molar-refractivity contribution in [3.05, 3.63) is 23.8 Å². The summed E-state index contributed by atoms with van der Waals surface area (Å²) in [5.41, 5.74) is 0.310. The second-order valence-corrected chi connectivity index (χ2v) is 6.16. The first-order chi connectivity index (χ1) is 9.06. The number of benzene rings is 1. The molecule has 1 saturated heterocycles. The van der Waals surface area contributed by atoms with Gasteiger partial charge in [-0.1, -0.05) is 13.0 Å². The Bertz CT molecular complexity index is 478. The first-order valence-electron chi connectivity index (χ1n) is 6.34. The lowest BCUT2D eigenvalue weighted by molar-refractivity contribution is 0.0694. The Labute approximate surface area is 117 Å². The quantitative estimate of drug-likeness (QED) is 0.904. The van der Waals surface area contributed by atoms with Gasteiger partial charge in [0.05, 0.1) is 12.7 Å². The van der Waals surface area contributed by atoms with Crippen molar-refractivity contribution < 1.29 is 14.6 Å². The molecule has 5 heteroatoms. The summed E-state index contributed by atoms with van der Waals surface area (Å²) >= 11 is 1.87. The largest absolute Gasteiger partial charge is 0.504 e. The first kappa shape index (κ1) is 14.1. The lowest BCUT2D eigenvalue weighted by Crippen LogP contribution is -2.47. The molecule has 0 bridgehead atoms. The zero-order valence-corrected chi connectivity index (χ0v) is 12.2. The predicted molar refractivity (Wildman–Crippen MR) is 77.1 cm³/mol. The van der Waals surface area contributed by atoms with Crippen LogP contribution < -0.4 is 4.74 Å². The summed E-state index contributed by atoms with van der Waals surface area (Å²) < 4.78 is 5.05. The minimum Gasteiger partial charge on any atom is -0.504 e. The van der Waals surface area contributed by atoms with E-state index in [-0.39, 0.29) is 17.7 Å². The molecule has 1 aliphatic heterocycles. The van der Waals surface area contributed by atoms with Crippen molar-refractivity contribution in [1.82, 2.24) is 4.90 Å². The standard InChI is InChI=1S/C14H19NO3S/c1-9-10(2)19-8-7-15(9)14(17)11-5-4-6-12(18-3)13(11)16/h4-6,9-10,16H,7-8H2,1-3H3. The van der Waals surface area contributed by atoms with E-state index in [0.717, 1.165) is 5.75 Å². The van der Waals surface area contributed by atoms with E-state index < -0.39 is 0 Å². The maximum atomic E-state index is 12.5. The van der Waals surface area contributed by atoms with Crippen LogP contribution in [0.2, 0.25) is 0 Å². The van der Waals surface area contributed by atoms with E-state index in [1.54, 1.807) is 18.2 Å². The van der Waals surface area contributed by atoms with Gasteiger partial charge in [-0.15, -0.1) is 0 Å². The molecule has 0 aromatic heterocycles. The Balaban J connectivity index is 2.29. The van der Waals surface area contributed by atoms with Gasteiger partial charge in [0.2, 0.25) is 0 Å². The van der Waals surface area contributed by atoms with Crippen molar-refractivity contribution in [2.45, 2.75) is 25.1 Å². The van der Waals surface area contributed by atoms with Crippen molar-refractivity contribution >= 4 is 17.7 Å². The third-order valence-electron chi connectivity index (χ3n) is 3.59. The van der Waals surface area contributed by atoms with Crippen LogP contribution in [0.5, 0.6) is 11.5 Å². The number of carbonyl (C=O) groups is 1. The van der Waals surface area contributed by atoms with E-state index in [2.05, 4.69) is 6.92 Å². The molecule has 1 aromatic carbocycles. The van der Waals surface area contributed by atoms with E-state index in [9.17, 15) is 9.90 Å². The lowest BCUT2D eigenvalue weighted by Gasteiger charge is -2.37. The Morgan fingerprint density at radius 1 is 1.47 bits per heavy atom. The van der Waals surface area contributed by atoms with Gasteiger partial charge in [-0.25, -0.2) is 0 Å². The van der Waals surface area contributed by atoms with Crippen LogP contribution in [0.1, 0.15) is 24.2 Å². The van der Waals surface area contributed by atoms with Crippen LogP contribution in [0.4, 0.5) is 0 Å². The molecule has 0 aliphatic carbocycles. The molecule has 0 spiro atoms. The summed E-state index contributed by atoms with van der Waals surface area (Å²) in [6.45, 7) is 4.89. The third-order valence-corrected chi connectivity index (χ3v) is 4.93. The minimum atomic E-state index is -0.129. The summed E-state index contributed by atoms with van der Waals surface area (Å²) in [6, 6.07) is 5.17. The highest BCUT2D eigenvalue weighted by molar-refractivity contribution is 8.00. The highest BCUT2D eigenvalue weighted by Crippen LogP contribution is 2.32. The van der Waals surface area contributed by atoms with Gasteiger partial charge in [-0.05, 0) is 19.1 Å². The number of aromatic hydroxyl groups is 1. The molecule has 0 radical (unpaired) electrons. The predicted octanol–water partition coefficient (Wildman–Crippen LogP) is 2.37. The lowest BCUT2D eigenvalue weighted by atomic mass is 10.1. The van der Waals surface area contributed by atoms with Crippen molar-refractivity contribution in [2.75, 3.05) is 19.4 Å². The van der Waals surface area contributed by atoms with Gasteiger partial charge in [0, 0.05) is 23.6 Å². The SMILES string of the molecule is COc1cccc(C(=O)N2CCSC(C)C2C)c1O. The first-order valence-corrected chi connectivity index (χ1v) is 7.39. The summed E-state index contributed by atoms with van der Waals surface area (Å²) in [4.78, 5) is 14.4. The number of rotatable bonds is 2. The number of nitrogens with zero attached hydrogens (tertiary/aromatic N) is 1. The summed E-state index contributed by atoms with van der Waals surface area (Å²) in [7, 11) is 1.48. The second kappa shape index (κ2) is 5.74. The fraction of sp³-hybridized carbons (Fsp3) is 0.500. The van der Waals surface area contributed by atoms with Crippen molar-refractivity contribution in [2.24, 2.45) is 0 Å². The number of methoxy groups -OCH3 is 1. The second-order valence-electron chi connectivity index (χ2n) is 4.67. The molecular formula is C14H19NO3S. The van der Waals surface area contributed by atoms with Gasteiger partial charge < -0.3 is 14.7 Å². The molecule has 0 saturated carbocycles. The van der Waals surface area contributed by atoms with E-state index in [4.69, 9.17) is 4.74 Å². The maximum Gasteiger partial charge on any atom is 0.258 e. The average Bonchev–Trinajstić information content (AvgIpc) is 2.41. The van der Waals surface area contributed by atoms with E-state index in [1.807, 2.05) is 23.6 Å². The average molecular weight is 281 g/mol. The molecule has 2 rings (SSSR count). The molecule has 4 nitrogen and oxygen atoms in total. The molecule has 19 heavy (non-hydrogen) atoms. The van der Waals surface area contributed by atoms with E-state index in [1.165, 1.54) is 7.11 Å². The van der Waals surface area contributed by atoms with Crippen LogP contribution in [0.15, 0.2) is 18.2 Å². The van der Waals surface area contributed by atoms with Gasteiger partial charge in [0.25, 0.3) is 5.91 Å².